The van der Waals surface area contributed by atoms with Crippen LogP contribution in [0.15, 0.2) is 60.7 Å². The molecule has 0 atom stereocenters. The number of halogens is 2. The van der Waals surface area contributed by atoms with Gasteiger partial charge < -0.3 is 9.47 Å². The van der Waals surface area contributed by atoms with Gasteiger partial charge in [0.2, 0.25) is 0 Å². The Morgan fingerprint density at radius 3 is 2.18 bits per heavy atom. The molecule has 3 aromatic carbocycles. The standard InChI is InChI=1S/C26H21F2NO4/c1-2-3-4-5-17-6-8-18(9-7-17)25(30)33-24-13-11-19(14-23(24)28)26(31)32-21-12-10-20(16-29)22(27)15-21/h6-15H,2-5H2,1H3. The SMILES string of the molecule is CCCCCc1ccc(C(=O)Oc2ccc(C(=O)Oc3ccc(C#N)c(F)c3)cc2F)cc1. The van der Waals surface area contributed by atoms with Gasteiger partial charge in [0.1, 0.15) is 17.6 Å². The third-order valence-corrected chi connectivity index (χ3v) is 4.90. The molecule has 0 aliphatic rings. The lowest BCUT2D eigenvalue weighted by Gasteiger charge is -2.09. The van der Waals surface area contributed by atoms with Gasteiger partial charge in [-0.1, -0.05) is 31.9 Å². The molecule has 0 aromatic heterocycles. The second kappa shape index (κ2) is 11.0. The second-order valence-corrected chi connectivity index (χ2v) is 7.33. The number of hydrogen-bond donors (Lipinski definition) is 0. The smallest absolute Gasteiger partial charge is 0.343 e. The van der Waals surface area contributed by atoms with Crippen LogP contribution in [0.5, 0.6) is 11.5 Å². The minimum absolute atomic E-state index is 0.134. The molecule has 0 spiro atoms. The normalized spacial score (nSPS) is 10.4. The molecule has 0 bridgehead atoms. The van der Waals surface area contributed by atoms with Gasteiger partial charge in [0.25, 0.3) is 0 Å². The quantitative estimate of drug-likeness (QED) is 0.239. The fourth-order valence-electron chi connectivity index (χ4n) is 3.07. The molecule has 33 heavy (non-hydrogen) atoms. The largest absolute Gasteiger partial charge is 0.423 e. The lowest BCUT2D eigenvalue weighted by Crippen LogP contribution is -2.12. The fourth-order valence-corrected chi connectivity index (χ4v) is 3.07. The van der Waals surface area contributed by atoms with E-state index in [1.807, 2.05) is 12.1 Å². The van der Waals surface area contributed by atoms with Crippen LogP contribution in [0.1, 0.15) is 58.0 Å². The van der Waals surface area contributed by atoms with E-state index in [0.29, 0.717) is 0 Å². The minimum atomic E-state index is -0.936. The monoisotopic (exact) mass is 449 g/mol. The number of nitrogens with zero attached hydrogens (tertiary/aromatic N) is 1. The first-order valence-electron chi connectivity index (χ1n) is 10.4. The zero-order chi connectivity index (χ0) is 23.8. The summed E-state index contributed by atoms with van der Waals surface area (Å²) in [6.45, 7) is 2.13. The van der Waals surface area contributed by atoms with Crippen LogP contribution in [-0.4, -0.2) is 11.9 Å². The highest BCUT2D eigenvalue weighted by Crippen LogP contribution is 2.22. The number of hydrogen-bond acceptors (Lipinski definition) is 5. The Morgan fingerprint density at radius 2 is 1.55 bits per heavy atom. The van der Waals surface area contributed by atoms with Crippen LogP contribution < -0.4 is 9.47 Å². The summed E-state index contributed by atoms with van der Waals surface area (Å²) in [6.07, 6.45) is 4.25. The predicted octanol–water partition coefficient (Wildman–Crippen LogP) is 6.01. The Morgan fingerprint density at radius 1 is 0.848 bits per heavy atom. The summed E-state index contributed by atoms with van der Waals surface area (Å²) in [6, 6.07) is 15.1. The zero-order valence-corrected chi connectivity index (χ0v) is 17.9. The van der Waals surface area contributed by atoms with Gasteiger partial charge in [-0.05, 0) is 60.9 Å². The third kappa shape index (κ3) is 6.23. The Hall–Kier alpha value is -4.05. The van der Waals surface area contributed by atoms with Crippen LogP contribution in [0, 0.1) is 23.0 Å². The molecule has 168 valence electrons. The molecule has 0 fully saturated rings. The lowest BCUT2D eigenvalue weighted by atomic mass is 10.1. The molecule has 7 heteroatoms. The summed E-state index contributed by atoms with van der Waals surface area (Å²) in [5.41, 5.74) is 1.03. The van der Waals surface area contributed by atoms with E-state index in [0.717, 1.165) is 49.4 Å². The van der Waals surface area contributed by atoms with Crippen molar-refractivity contribution in [3.05, 3.63) is 94.6 Å². The van der Waals surface area contributed by atoms with Crippen LogP contribution in [0.2, 0.25) is 0 Å². The number of benzene rings is 3. The summed E-state index contributed by atoms with van der Waals surface area (Å²) in [7, 11) is 0. The van der Waals surface area contributed by atoms with Crippen LogP contribution in [-0.2, 0) is 6.42 Å². The predicted molar refractivity (Wildman–Crippen MR) is 117 cm³/mol. The average Bonchev–Trinajstić information content (AvgIpc) is 2.81. The molecule has 0 saturated carbocycles. The van der Waals surface area contributed by atoms with Crippen molar-refractivity contribution in [2.24, 2.45) is 0 Å². The van der Waals surface area contributed by atoms with Gasteiger partial charge in [0.15, 0.2) is 11.6 Å². The summed E-state index contributed by atoms with van der Waals surface area (Å²) < 4.78 is 38.2. The molecule has 0 saturated heterocycles. The molecule has 0 aliphatic carbocycles. The molecule has 0 heterocycles. The van der Waals surface area contributed by atoms with Crippen molar-refractivity contribution in [1.82, 2.24) is 0 Å². The van der Waals surface area contributed by atoms with E-state index >= 15 is 0 Å². The molecular formula is C26H21F2NO4. The lowest BCUT2D eigenvalue weighted by molar-refractivity contribution is 0.0727. The van der Waals surface area contributed by atoms with Crippen LogP contribution >= 0.6 is 0 Å². The van der Waals surface area contributed by atoms with Gasteiger partial charge in [-0.3, -0.25) is 0 Å². The summed E-state index contributed by atoms with van der Waals surface area (Å²) in [4.78, 5) is 24.6. The Labute approximate surface area is 190 Å². The maximum atomic E-state index is 14.4. The van der Waals surface area contributed by atoms with Crippen molar-refractivity contribution in [2.75, 3.05) is 0 Å². The van der Waals surface area contributed by atoms with Crippen LogP contribution in [0.4, 0.5) is 8.78 Å². The van der Waals surface area contributed by atoms with Gasteiger partial charge in [-0.15, -0.1) is 0 Å². The number of rotatable bonds is 8. The van der Waals surface area contributed by atoms with Crippen molar-refractivity contribution in [3.8, 4) is 17.6 Å². The first kappa shape index (κ1) is 23.6. The number of nitriles is 1. The van der Waals surface area contributed by atoms with E-state index in [1.54, 1.807) is 18.2 Å². The van der Waals surface area contributed by atoms with E-state index in [4.69, 9.17) is 14.7 Å². The molecular weight excluding hydrogens is 428 g/mol. The number of ether oxygens (including phenoxy) is 2. The maximum Gasteiger partial charge on any atom is 0.343 e. The minimum Gasteiger partial charge on any atom is -0.423 e. The van der Waals surface area contributed by atoms with E-state index in [9.17, 15) is 18.4 Å². The van der Waals surface area contributed by atoms with Crippen molar-refractivity contribution < 1.29 is 27.8 Å². The van der Waals surface area contributed by atoms with Crippen LogP contribution in [0.3, 0.4) is 0 Å². The topological polar surface area (TPSA) is 76.4 Å². The number of esters is 2. The van der Waals surface area contributed by atoms with Gasteiger partial charge in [0, 0.05) is 6.07 Å². The Balaban J connectivity index is 1.64. The molecule has 0 N–H and O–H groups in total. The molecule has 0 amide bonds. The van der Waals surface area contributed by atoms with Crippen LogP contribution in [0.25, 0.3) is 0 Å². The molecule has 3 aromatic rings. The Kier molecular flexibility index (Phi) is 7.87. The van der Waals surface area contributed by atoms with Crippen molar-refractivity contribution in [2.45, 2.75) is 32.6 Å². The second-order valence-electron chi connectivity index (χ2n) is 7.33. The number of unbranched alkanes of at least 4 members (excludes halogenated alkanes) is 2. The van der Waals surface area contributed by atoms with Gasteiger partial charge in [0.05, 0.1) is 16.7 Å². The Bertz CT molecular complexity index is 1200. The zero-order valence-electron chi connectivity index (χ0n) is 17.9. The fraction of sp³-hybridized carbons (Fsp3) is 0.192. The van der Waals surface area contributed by atoms with Gasteiger partial charge in [-0.25, -0.2) is 18.4 Å². The first-order chi connectivity index (χ1) is 15.9. The average molecular weight is 449 g/mol. The van der Waals surface area contributed by atoms with Crippen molar-refractivity contribution in [1.29, 1.82) is 5.26 Å². The highest BCUT2D eigenvalue weighted by molar-refractivity contribution is 5.92. The maximum absolute atomic E-state index is 14.4. The number of carbonyl (C=O) groups is 2. The van der Waals surface area contributed by atoms with E-state index < -0.39 is 23.6 Å². The van der Waals surface area contributed by atoms with Gasteiger partial charge >= 0.3 is 11.9 Å². The molecule has 0 unspecified atom stereocenters. The summed E-state index contributed by atoms with van der Waals surface area (Å²) >= 11 is 0. The first-order valence-corrected chi connectivity index (χ1v) is 10.4. The number of carbonyl (C=O) groups excluding carboxylic acids is 2. The van der Waals surface area contributed by atoms with Gasteiger partial charge in [-0.2, -0.15) is 5.26 Å². The highest BCUT2D eigenvalue weighted by atomic mass is 19.1. The third-order valence-electron chi connectivity index (χ3n) is 4.90. The molecule has 5 nitrogen and oxygen atoms in total. The molecule has 0 radical (unpaired) electrons. The van der Waals surface area contributed by atoms with Crippen molar-refractivity contribution >= 4 is 11.9 Å². The summed E-state index contributed by atoms with van der Waals surface area (Å²) in [5, 5.41) is 8.74. The summed E-state index contributed by atoms with van der Waals surface area (Å²) in [5.74, 6) is -3.91. The number of aryl methyl sites for hydroxylation is 1. The van der Waals surface area contributed by atoms with E-state index in [2.05, 4.69) is 6.92 Å². The molecule has 0 aliphatic heterocycles. The highest BCUT2D eigenvalue weighted by Gasteiger charge is 2.16. The molecule has 3 rings (SSSR count). The van der Waals surface area contributed by atoms with E-state index in [1.165, 1.54) is 18.2 Å². The van der Waals surface area contributed by atoms with E-state index in [-0.39, 0.29) is 28.2 Å². The van der Waals surface area contributed by atoms with Crippen molar-refractivity contribution in [3.63, 3.8) is 0 Å².